The summed E-state index contributed by atoms with van der Waals surface area (Å²) in [6.07, 6.45) is 3.51. The Bertz CT molecular complexity index is 548. The van der Waals surface area contributed by atoms with Crippen molar-refractivity contribution in [2.24, 2.45) is 5.92 Å². The van der Waals surface area contributed by atoms with Crippen molar-refractivity contribution in [3.8, 4) is 0 Å². The van der Waals surface area contributed by atoms with Crippen LogP contribution in [0.4, 0.5) is 4.39 Å². The van der Waals surface area contributed by atoms with Gasteiger partial charge in [0.2, 0.25) is 0 Å². The predicted molar refractivity (Wildman–Crippen MR) is 69.9 cm³/mol. The number of rotatable bonds is 2. The molecule has 1 aliphatic heterocycles. The van der Waals surface area contributed by atoms with Crippen LogP contribution >= 0.6 is 0 Å². The summed E-state index contributed by atoms with van der Waals surface area (Å²) in [5.74, 6) is 1.34. The van der Waals surface area contributed by atoms with Gasteiger partial charge in [-0.1, -0.05) is 25.5 Å². The van der Waals surface area contributed by atoms with Gasteiger partial charge in [0.15, 0.2) is 11.4 Å². The first-order valence-electron chi connectivity index (χ1n) is 6.69. The molecule has 1 aliphatic rings. The van der Waals surface area contributed by atoms with Crippen molar-refractivity contribution < 1.29 is 8.81 Å². The summed E-state index contributed by atoms with van der Waals surface area (Å²) in [6, 6.07) is 7.26. The molecule has 18 heavy (non-hydrogen) atoms. The van der Waals surface area contributed by atoms with E-state index in [4.69, 9.17) is 4.42 Å². The van der Waals surface area contributed by atoms with E-state index in [9.17, 15) is 4.39 Å². The minimum absolute atomic E-state index is 0.232. The van der Waals surface area contributed by atoms with Crippen molar-refractivity contribution in [2.75, 3.05) is 6.54 Å². The fourth-order valence-electron chi connectivity index (χ4n) is 2.80. The van der Waals surface area contributed by atoms with Gasteiger partial charge in [-0.3, -0.25) is 0 Å². The third-order valence-electron chi connectivity index (χ3n) is 3.95. The van der Waals surface area contributed by atoms with Gasteiger partial charge in [0.05, 0.1) is 6.04 Å². The Morgan fingerprint density at radius 2 is 2.33 bits per heavy atom. The van der Waals surface area contributed by atoms with Crippen molar-refractivity contribution >= 4 is 11.0 Å². The Morgan fingerprint density at radius 3 is 3.11 bits per heavy atom. The van der Waals surface area contributed by atoms with Gasteiger partial charge in [-0.25, -0.2) is 4.39 Å². The number of para-hydroxylation sites is 1. The van der Waals surface area contributed by atoms with Crippen molar-refractivity contribution in [3.63, 3.8) is 0 Å². The molecule has 2 unspecified atom stereocenters. The Hall–Kier alpha value is -1.35. The van der Waals surface area contributed by atoms with E-state index in [1.807, 2.05) is 12.1 Å². The summed E-state index contributed by atoms with van der Waals surface area (Å²) < 4.78 is 19.3. The molecule has 2 nitrogen and oxygen atoms in total. The molecule has 0 aliphatic carbocycles. The predicted octanol–water partition coefficient (Wildman–Crippen LogP) is 4.02. The van der Waals surface area contributed by atoms with Gasteiger partial charge in [-0.05, 0) is 37.4 Å². The Labute approximate surface area is 106 Å². The van der Waals surface area contributed by atoms with E-state index in [1.54, 1.807) is 6.07 Å². The summed E-state index contributed by atoms with van der Waals surface area (Å²) in [6.45, 7) is 3.24. The third kappa shape index (κ3) is 2.03. The number of nitrogens with one attached hydrogen (secondary N) is 1. The van der Waals surface area contributed by atoms with E-state index in [1.165, 1.54) is 18.9 Å². The van der Waals surface area contributed by atoms with Gasteiger partial charge in [-0.2, -0.15) is 0 Å². The maximum absolute atomic E-state index is 13.6. The minimum atomic E-state index is -0.276. The van der Waals surface area contributed by atoms with E-state index in [2.05, 4.69) is 12.2 Å². The average molecular weight is 247 g/mol. The van der Waals surface area contributed by atoms with Crippen LogP contribution in [0.5, 0.6) is 0 Å². The summed E-state index contributed by atoms with van der Waals surface area (Å²) in [5, 5.41) is 4.32. The molecule has 0 saturated carbocycles. The monoisotopic (exact) mass is 247 g/mol. The van der Waals surface area contributed by atoms with Crippen LogP contribution in [0, 0.1) is 11.7 Å². The zero-order chi connectivity index (χ0) is 12.5. The Balaban J connectivity index is 1.92. The quantitative estimate of drug-likeness (QED) is 0.867. The van der Waals surface area contributed by atoms with Gasteiger partial charge >= 0.3 is 0 Å². The fourth-order valence-corrected chi connectivity index (χ4v) is 2.80. The van der Waals surface area contributed by atoms with Crippen LogP contribution in [0.3, 0.4) is 0 Å². The van der Waals surface area contributed by atoms with Crippen molar-refractivity contribution in [1.29, 1.82) is 0 Å². The number of halogens is 1. The van der Waals surface area contributed by atoms with Crippen molar-refractivity contribution in [2.45, 2.75) is 32.2 Å². The maximum atomic E-state index is 13.6. The lowest BCUT2D eigenvalue weighted by Crippen LogP contribution is -2.31. The molecule has 2 heterocycles. The molecule has 2 atom stereocenters. The Morgan fingerprint density at radius 1 is 1.44 bits per heavy atom. The SMILES string of the molecule is CCC1CCNC(c2cc3cccc(F)c3o2)C1. The molecule has 0 radical (unpaired) electrons. The standard InChI is InChI=1S/C15H18FNO/c1-2-10-6-7-17-13(8-10)14-9-11-4-3-5-12(16)15(11)18-14/h3-5,9-10,13,17H,2,6-8H2,1H3. The molecule has 3 rings (SSSR count). The lowest BCUT2D eigenvalue weighted by molar-refractivity contribution is 0.273. The van der Waals surface area contributed by atoms with Gasteiger partial charge in [-0.15, -0.1) is 0 Å². The Kier molecular flexibility index (Phi) is 3.08. The highest BCUT2D eigenvalue weighted by atomic mass is 19.1. The largest absolute Gasteiger partial charge is 0.456 e. The van der Waals surface area contributed by atoms with Crippen LogP contribution in [-0.2, 0) is 0 Å². The van der Waals surface area contributed by atoms with Crippen LogP contribution in [0.1, 0.15) is 38.0 Å². The third-order valence-corrected chi connectivity index (χ3v) is 3.95. The molecule has 0 spiro atoms. The van der Waals surface area contributed by atoms with Gasteiger partial charge < -0.3 is 9.73 Å². The van der Waals surface area contributed by atoms with Crippen molar-refractivity contribution in [1.82, 2.24) is 5.32 Å². The van der Waals surface area contributed by atoms with Gasteiger partial charge in [0.1, 0.15) is 5.76 Å². The van der Waals surface area contributed by atoms with Crippen LogP contribution in [0.15, 0.2) is 28.7 Å². The second-order valence-electron chi connectivity index (χ2n) is 5.11. The van der Waals surface area contributed by atoms with E-state index in [0.29, 0.717) is 5.58 Å². The number of furan rings is 1. The molecule has 1 fully saturated rings. The molecule has 1 aromatic heterocycles. The van der Waals surface area contributed by atoms with Gasteiger partial charge in [0, 0.05) is 5.39 Å². The molecule has 2 aromatic rings. The summed E-state index contributed by atoms with van der Waals surface area (Å²) in [4.78, 5) is 0. The minimum Gasteiger partial charge on any atom is -0.456 e. The fraction of sp³-hybridized carbons (Fsp3) is 0.467. The van der Waals surface area contributed by atoms with E-state index in [-0.39, 0.29) is 11.9 Å². The maximum Gasteiger partial charge on any atom is 0.169 e. The molecule has 0 amide bonds. The molecular weight excluding hydrogens is 229 g/mol. The number of hydrogen-bond acceptors (Lipinski definition) is 2. The first-order valence-corrected chi connectivity index (χ1v) is 6.69. The topological polar surface area (TPSA) is 25.2 Å². The molecule has 96 valence electrons. The average Bonchev–Trinajstić information content (AvgIpc) is 2.84. The number of fused-ring (bicyclic) bond motifs is 1. The lowest BCUT2D eigenvalue weighted by Gasteiger charge is -2.28. The second kappa shape index (κ2) is 4.73. The van der Waals surface area contributed by atoms with Crippen LogP contribution in [0.25, 0.3) is 11.0 Å². The summed E-state index contributed by atoms with van der Waals surface area (Å²) in [7, 11) is 0. The summed E-state index contributed by atoms with van der Waals surface area (Å²) in [5.41, 5.74) is 0.382. The highest BCUT2D eigenvalue weighted by Crippen LogP contribution is 2.32. The van der Waals surface area contributed by atoms with E-state index >= 15 is 0 Å². The lowest BCUT2D eigenvalue weighted by atomic mass is 9.89. The van der Waals surface area contributed by atoms with Crippen LogP contribution in [-0.4, -0.2) is 6.54 Å². The van der Waals surface area contributed by atoms with Crippen LogP contribution < -0.4 is 5.32 Å². The number of piperidine rings is 1. The highest BCUT2D eigenvalue weighted by molar-refractivity contribution is 5.78. The zero-order valence-corrected chi connectivity index (χ0v) is 10.6. The first kappa shape index (κ1) is 11.7. The van der Waals surface area contributed by atoms with Crippen molar-refractivity contribution in [3.05, 3.63) is 35.8 Å². The normalized spacial score (nSPS) is 24.6. The van der Waals surface area contributed by atoms with E-state index < -0.39 is 0 Å². The molecule has 3 heteroatoms. The van der Waals surface area contributed by atoms with Crippen LogP contribution in [0.2, 0.25) is 0 Å². The number of benzene rings is 1. The molecule has 1 N–H and O–H groups in total. The number of hydrogen-bond donors (Lipinski definition) is 1. The van der Waals surface area contributed by atoms with E-state index in [0.717, 1.165) is 30.0 Å². The zero-order valence-electron chi connectivity index (χ0n) is 10.6. The highest BCUT2D eigenvalue weighted by Gasteiger charge is 2.24. The summed E-state index contributed by atoms with van der Waals surface area (Å²) >= 11 is 0. The van der Waals surface area contributed by atoms with Gasteiger partial charge in [0.25, 0.3) is 0 Å². The molecule has 1 aromatic carbocycles. The molecule has 1 saturated heterocycles. The molecular formula is C15H18FNO. The smallest absolute Gasteiger partial charge is 0.169 e. The second-order valence-corrected chi connectivity index (χ2v) is 5.11. The first-order chi connectivity index (χ1) is 8.78. The molecule has 0 bridgehead atoms.